The lowest BCUT2D eigenvalue weighted by Gasteiger charge is -2.26. The summed E-state index contributed by atoms with van der Waals surface area (Å²) >= 11 is 3.26. The molecule has 0 amide bonds. The van der Waals surface area contributed by atoms with Gasteiger partial charge in [-0.15, -0.1) is 0 Å². The first-order chi connectivity index (χ1) is 16.8. The molecule has 186 valence electrons. The molecular formula is C25H28BrN3O5S. The molecule has 3 N–H and O–H groups in total. The van der Waals surface area contributed by atoms with Gasteiger partial charge in [-0.2, -0.15) is 4.72 Å². The van der Waals surface area contributed by atoms with E-state index in [1.54, 1.807) is 12.1 Å². The average Bonchev–Trinajstić information content (AvgIpc) is 2.84. The zero-order valence-electron chi connectivity index (χ0n) is 19.1. The molecule has 1 fully saturated rings. The number of hydrogen-bond acceptors (Lipinski definition) is 6. The van der Waals surface area contributed by atoms with Crippen molar-refractivity contribution in [2.45, 2.75) is 17.4 Å². The molecule has 1 unspecified atom stereocenters. The molecule has 0 spiro atoms. The molecule has 1 saturated heterocycles. The van der Waals surface area contributed by atoms with Gasteiger partial charge in [0.1, 0.15) is 18.4 Å². The van der Waals surface area contributed by atoms with E-state index in [1.807, 2.05) is 36.4 Å². The monoisotopic (exact) mass is 561 g/mol. The van der Waals surface area contributed by atoms with Gasteiger partial charge in [-0.25, -0.2) is 8.42 Å². The Hall–Kier alpha value is -2.50. The summed E-state index contributed by atoms with van der Waals surface area (Å²) in [4.78, 5) is 14.2. The van der Waals surface area contributed by atoms with Gasteiger partial charge in [0, 0.05) is 37.2 Å². The van der Waals surface area contributed by atoms with E-state index < -0.39 is 22.0 Å². The third-order valence-corrected chi connectivity index (χ3v) is 7.94. The molecule has 1 aliphatic rings. The fourth-order valence-electron chi connectivity index (χ4n) is 4.00. The van der Waals surface area contributed by atoms with Crippen LogP contribution in [0.1, 0.15) is 5.56 Å². The predicted octanol–water partition coefficient (Wildman–Crippen LogP) is 2.86. The summed E-state index contributed by atoms with van der Waals surface area (Å²) in [7, 11) is -3.98. The number of rotatable bonds is 10. The van der Waals surface area contributed by atoms with E-state index >= 15 is 0 Å². The highest BCUT2D eigenvalue weighted by atomic mass is 79.9. The number of carbonyl (C=O) groups is 1. The molecule has 1 aliphatic heterocycles. The minimum atomic E-state index is -3.98. The maximum Gasteiger partial charge on any atom is 0.322 e. The smallest absolute Gasteiger partial charge is 0.322 e. The van der Waals surface area contributed by atoms with Gasteiger partial charge >= 0.3 is 5.97 Å². The van der Waals surface area contributed by atoms with Crippen LogP contribution in [-0.2, 0) is 21.2 Å². The number of halogens is 1. The van der Waals surface area contributed by atoms with Crippen LogP contribution in [0.4, 0.5) is 0 Å². The van der Waals surface area contributed by atoms with E-state index in [-0.39, 0.29) is 11.3 Å². The quantitative estimate of drug-likeness (QED) is 0.349. The number of hydrogen-bond donors (Lipinski definition) is 3. The van der Waals surface area contributed by atoms with E-state index in [1.165, 1.54) is 12.1 Å². The summed E-state index contributed by atoms with van der Waals surface area (Å²) in [5.74, 6) is -0.454. The van der Waals surface area contributed by atoms with E-state index in [0.29, 0.717) is 6.61 Å². The zero-order chi connectivity index (χ0) is 24.8. The molecule has 0 saturated carbocycles. The molecule has 1 atom stereocenters. The number of carboxylic acid groups (broad SMARTS) is 1. The summed E-state index contributed by atoms with van der Waals surface area (Å²) in [6, 6.07) is 16.1. The second kappa shape index (κ2) is 11.5. The lowest BCUT2D eigenvalue weighted by atomic mass is 10.0. The Morgan fingerprint density at radius 1 is 1.06 bits per heavy atom. The minimum absolute atomic E-state index is 0.00921. The van der Waals surface area contributed by atoms with Crippen LogP contribution in [0.15, 0.2) is 70.0 Å². The van der Waals surface area contributed by atoms with Crippen LogP contribution in [0.3, 0.4) is 0 Å². The Balaban J connectivity index is 1.41. The highest BCUT2D eigenvalue weighted by Crippen LogP contribution is 2.23. The number of benzene rings is 3. The Bertz CT molecular complexity index is 1280. The van der Waals surface area contributed by atoms with Crippen LogP contribution in [-0.4, -0.2) is 69.8 Å². The van der Waals surface area contributed by atoms with Crippen LogP contribution in [0.25, 0.3) is 10.8 Å². The maximum atomic E-state index is 12.7. The van der Waals surface area contributed by atoms with Gasteiger partial charge < -0.3 is 15.2 Å². The molecular weight excluding hydrogens is 534 g/mol. The van der Waals surface area contributed by atoms with Crippen molar-refractivity contribution in [3.05, 3.63) is 70.7 Å². The number of carboxylic acids is 1. The number of fused-ring (bicyclic) bond motifs is 1. The van der Waals surface area contributed by atoms with Gasteiger partial charge in [0.05, 0.1) is 4.90 Å². The Kier molecular flexibility index (Phi) is 8.40. The van der Waals surface area contributed by atoms with E-state index in [4.69, 9.17) is 4.74 Å². The van der Waals surface area contributed by atoms with Gasteiger partial charge in [-0.3, -0.25) is 9.69 Å². The van der Waals surface area contributed by atoms with Crippen molar-refractivity contribution in [3.8, 4) is 5.75 Å². The number of piperazine rings is 1. The number of aliphatic carboxylic acids is 1. The van der Waals surface area contributed by atoms with Crippen LogP contribution in [0.5, 0.6) is 5.75 Å². The third kappa shape index (κ3) is 7.02. The van der Waals surface area contributed by atoms with Crippen LogP contribution >= 0.6 is 15.9 Å². The molecule has 35 heavy (non-hydrogen) atoms. The van der Waals surface area contributed by atoms with Gasteiger partial charge in [0.15, 0.2) is 0 Å². The topological polar surface area (TPSA) is 108 Å². The summed E-state index contributed by atoms with van der Waals surface area (Å²) in [5, 5.41) is 14.9. The first kappa shape index (κ1) is 25.6. The SMILES string of the molecule is O=C(O)C(Cc1ccc2cc(OCCN3CCNCC3)ccc2c1)NS(=O)(=O)c1ccc(Br)cc1. The van der Waals surface area contributed by atoms with E-state index in [0.717, 1.165) is 59.3 Å². The molecule has 10 heteroatoms. The second-order valence-corrected chi connectivity index (χ2v) is 11.1. The van der Waals surface area contributed by atoms with Gasteiger partial charge in [0.25, 0.3) is 0 Å². The third-order valence-electron chi connectivity index (χ3n) is 5.92. The molecule has 0 aliphatic carbocycles. The molecule has 3 aromatic carbocycles. The van der Waals surface area contributed by atoms with Crippen molar-refractivity contribution < 1.29 is 23.1 Å². The highest BCUT2D eigenvalue weighted by Gasteiger charge is 2.25. The summed E-state index contributed by atoms with van der Waals surface area (Å²) in [5.41, 5.74) is 0.718. The normalized spacial score (nSPS) is 15.7. The van der Waals surface area contributed by atoms with Crippen molar-refractivity contribution >= 4 is 42.7 Å². The molecule has 3 aromatic rings. The largest absolute Gasteiger partial charge is 0.492 e. The first-order valence-electron chi connectivity index (χ1n) is 11.4. The average molecular weight is 562 g/mol. The summed E-state index contributed by atoms with van der Waals surface area (Å²) in [6.45, 7) is 5.56. The van der Waals surface area contributed by atoms with Crippen molar-refractivity contribution in [2.75, 3.05) is 39.3 Å². The molecule has 1 heterocycles. The van der Waals surface area contributed by atoms with Crippen LogP contribution in [0.2, 0.25) is 0 Å². The zero-order valence-corrected chi connectivity index (χ0v) is 21.5. The predicted molar refractivity (Wildman–Crippen MR) is 138 cm³/mol. The highest BCUT2D eigenvalue weighted by molar-refractivity contribution is 9.10. The second-order valence-electron chi connectivity index (χ2n) is 8.45. The Morgan fingerprint density at radius 2 is 1.74 bits per heavy atom. The molecule has 0 radical (unpaired) electrons. The van der Waals surface area contributed by atoms with Gasteiger partial charge in [0.2, 0.25) is 10.0 Å². The Morgan fingerprint density at radius 3 is 2.46 bits per heavy atom. The molecule has 4 rings (SSSR count). The minimum Gasteiger partial charge on any atom is -0.492 e. The summed E-state index contributed by atoms with van der Waals surface area (Å²) < 4.78 is 34.3. The fraction of sp³-hybridized carbons (Fsp3) is 0.320. The van der Waals surface area contributed by atoms with Crippen LogP contribution in [0, 0.1) is 0 Å². The number of nitrogens with one attached hydrogen (secondary N) is 2. The van der Waals surface area contributed by atoms with Gasteiger partial charge in [-0.1, -0.05) is 40.2 Å². The lowest BCUT2D eigenvalue weighted by molar-refractivity contribution is -0.138. The molecule has 8 nitrogen and oxygen atoms in total. The molecule has 0 bridgehead atoms. The number of sulfonamides is 1. The van der Waals surface area contributed by atoms with Crippen molar-refractivity contribution in [1.82, 2.24) is 14.9 Å². The Labute approximate surface area is 213 Å². The van der Waals surface area contributed by atoms with Gasteiger partial charge in [-0.05, 0) is 59.2 Å². The van der Waals surface area contributed by atoms with Crippen molar-refractivity contribution in [2.24, 2.45) is 0 Å². The first-order valence-corrected chi connectivity index (χ1v) is 13.7. The van der Waals surface area contributed by atoms with Crippen molar-refractivity contribution in [3.63, 3.8) is 0 Å². The van der Waals surface area contributed by atoms with Crippen LogP contribution < -0.4 is 14.8 Å². The number of nitrogens with zero attached hydrogens (tertiary/aromatic N) is 1. The van der Waals surface area contributed by atoms with E-state index in [2.05, 4.69) is 30.9 Å². The van der Waals surface area contributed by atoms with E-state index in [9.17, 15) is 18.3 Å². The lowest BCUT2D eigenvalue weighted by Crippen LogP contribution is -2.44. The molecule has 0 aromatic heterocycles. The maximum absolute atomic E-state index is 12.7. The standard InChI is InChI=1S/C25H28BrN3O5S/c26-21-4-7-23(8-5-21)35(32,33)28-24(25(30)31)16-18-1-2-20-17-22(6-3-19(20)15-18)34-14-13-29-11-9-27-10-12-29/h1-8,15,17,24,27-28H,9-14,16H2,(H,30,31). The fourth-order valence-corrected chi connectivity index (χ4v) is 5.46. The summed E-state index contributed by atoms with van der Waals surface area (Å²) in [6.07, 6.45) is 0.0178. The number of ether oxygens (including phenoxy) is 1. The van der Waals surface area contributed by atoms with Crippen molar-refractivity contribution in [1.29, 1.82) is 0 Å².